The number of fused-ring (bicyclic) bond motifs is 1. The number of ether oxygens (including phenoxy) is 1. The van der Waals surface area contributed by atoms with E-state index in [1.807, 2.05) is 19.9 Å². The van der Waals surface area contributed by atoms with Gasteiger partial charge in [0.15, 0.2) is 0 Å². The first-order valence-electron chi connectivity index (χ1n) is 9.34. The molecule has 3 nitrogen and oxygen atoms in total. The average molecular weight is 365 g/mol. The summed E-state index contributed by atoms with van der Waals surface area (Å²) >= 11 is 1.68. The number of hydrogen-bond donors (Lipinski definition) is 0. The molecule has 1 aromatic heterocycles. The second-order valence-corrected chi connectivity index (χ2v) is 8.19. The minimum absolute atomic E-state index is 0.178. The lowest BCUT2D eigenvalue weighted by Crippen LogP contribution is -2.06. The van der Waals surface area contributed by atoms with Gasteiger partial charge in [0.05, 0.1) is 6.10 Å². The SMILES string of the molecule is Cc1cc(-c2nnc(-c3cccc4c3CCCC4)s2)ccc1OC(C)C. The van der Waals surface area contributed by atoms with Crippen LogP contribution in [0.25, 0.3) is 21.1 Å². The van der Waals surface area contributed by atoms with Crippen LogP contribution >= 0.6 is 11.3 Å². The Bertz CT molecular complexity index is 930. The molecule has 1 aliphatic carbocycles. The lowest BCUT2D eigenvalue weighted by molar-refractivity contribution is 0.241. The van der Waals surface area contributed by atoms with E-state index in [2.05, 4.69) is 47.5 Å². The third-order valence-electron chi connectivity index (χ3n) is 4.84. The molecule has 26 heavy (non-hydrogen) atoms. The Morgan fingerprint density at radius 2 is 1.81 bits per heavy atom. The molecule has 0 spiro atoms. The van der Waals surface area contributed by atoms with Crippen LogP contribution in [0.3, 0.4) is 0 Å². The Morgan fingerprint density at radius 1 is 1.00 bits per heavy atom. The largest absolute Gasteiger partial charge is 0.491 e. The summed E-state index contributed by atoms with van der Waals surface area (Å²) < 4.78 is 5.84. The first-order valence-corrected chi connectivity index (χ1v) is 10.2. The van der Waals surface area contributed by atoms with Gasteiger partial charge in [-0.3, -0.25) is 0 Å². The van der Waals surface area contributed by atoms with Crippen LogP contribution in [-0.2, 0) is 12.8 Å². The molecular formula is C22H24N2OS. The maximum Gasteiger partial charge on any atom is 0.148 e. The maximum atomic E-state index is 5.84. The van der Waals surface area contributed by atoms with E-state index in [1.54, 1.807) is 11.3 Å². The standard InChI is InChI=1S/C22H24N2OS/c1-14(2)25-20-12-11-17(13-15(20)3)21-23-24-22(26-21)19-10-6-8-16-7-4-5-9-18(16)19/h6,8,10-14H,4-5,7,9H2,1-3H3. The number of nitrogens with zero attached hydrogens (tertiary/aromatic N) is 2. The van der Waals surface area contributed by atoms with Crippen LogP contribution in [0.1, 0.15) is 43.4 Å². The van der Waals surface area contributed by atoms with Crippen molar-refractivity contribution in [1.82, 2.24) is 10.2 Å². The van der Waals surface area contributed by atoms with Crippen LogP contribution in [0.15, 0.2) is 36.4 Å². The number of benzene rings is 2. The summed E-state index contributed by atoms with van der Waals surface area (Å²) in [5.41, 5.74) is 6.45. The maximum absolute atomic E-state index is 5.84. The first kappa shape index (κ1) is 17.2. The van der Waals surface area contributed by atoms with E-state index in [4.69, 9.17) is 4.74 Å². The number of aromatic nitrogens is 2. The zero-order chi connectivity index (χ0) is 18.1. The molecule has 0 N–H and O–H groups in total. The summed E-state index contributed by atoms with van der Waals surface area (Å²) in [6, 6.07) is 12.9. The van der Waals surface area contributed by atoms with E-state index in [1.165, 1.54) is 36.0 Å². The monoisotopic (exact) mass is 364 g/mol. The molecule has 1 heterocycles. The van der Waals surface area contributed by atoms with E-state index < -0.39 is 0 Å². The zero-order valence-corrected chi connectivity index (χ0v) is 16.4. The summed E-state index contributed by atoms with van der Waals surface area (Å²) in [6.45, 7) is 6.17. The predicted molar refractivity (Wildman–Crippen MR) is 108 cm³/mol. The normalized spacial score (nSPS) is 13.7. The Morgan fingerprint density at radius 3 is 2.62 bits per heavy atom. The van der Waals surface area contributed by atoms with Crippen molar-refractivity contribution in [2.45, 2.75) is 52.6 Å². The molecule has 0 amide bonds. The Labute approximate surface area is 159 Å². The molecule has 3 aromatic rings. The van der Waals surface area contributed by atoms with Crippen molar-refractivity contribution in [3.8, 4) is 26.9 Å². The van der Waals surface area contributed by atoms with Gasteiger partial charge in [-0.05, 0) is 81.3 Å². The third kappa shape index (κ3) is 3.38. The summed E-state index contributed by atoms with van der Waals surface area (Å²) in [7, 11) is 0. The third-order valence-corrected chi connectivity index (χ3v) is 5.84. The van der Waals surface area contributed by atoms with Gasteiger partial charge < -0.3 is 4.74 Å². The lowest BCUT2D eigenvalue weighted by atomic mass is 9.88. The van der Waals surface area contributed by atoms with E-state index in [-0.39, 0.29) is 6.10 Å². The summed E-state index contributed by atoms with van der Waals surface area (Å²) in [5.74, 6) is 0.936. The molecule has 0 fully saturated rings. The molecule has 0 bridgehead atoms. The second-order valence-electron chi connectivity index (χ2n) is 7.21. The van der Waals surface area contributed by atoms with Crippen molar-refractivity contribution in [3.05, 3.63) is 53.1 Å². The Hall–Kier alpha value is -2.20. The number of hydrogen-bond acceptors (Lipinski definition) is 4. The van der Waals surface area contributed by atoms with Gasteiger partial charge >= 0.3 is 0 Å². The Balaban J connectivity index is 1.66. The van der Waals surface area contributed by atoms with Crippen molar-refractivity contribution >= 4 is 11.3 Å². The van der Waals surface area contributed by atoms with Gasteiger partial charge in [-0.2, -0.15) is 0 Å². The van der Waals surface area contributed by atoms with Crippen LogP contribution < -0.4 is 4.74 Å². The van der Waals surface area contributed by atoms with Gasteiger partial charge in [0.1, 0.15) is 15.8 Å². The molecule has 0 unspecified atom stereocenters. The van der Waals surface area contributed by atoms with Gasteiger partial charge in [-0.15, -0.1) is 10.2 Å². The highest BCUT2D eigenvalue weighted by Crippen LogP contribution is 2.36. The highest BCUT2D eigenvalue weighted by Gasteiger charge is 2.17. The summed E-state index contributed by atoms with van der Waals surface area (Å²) in [4.78, 5) is 0. The topological polar surface area (TPSA) is 35.0 Å². The highest BCUT2D eigenvalue weighted by atomic mass is 32.1. The van der Waals surface area contributed by atoms with Crippen molar-refractivity contribution in [3.63, 3.8) is 0 Å². The van der Waals surface area contributed by atoms with Gasteiger partial charge in [0, 0.05) is 11.1 Å². The van der Waals surface area contributed by atoms with Crippen LogP contribution in [0.2, 0.25) is 0 Å². The van der Waals surface area contributed by atoms with E-state index in [0.29, 0.717) is 0 Å². The molecule has 0 atom stereocenters. The van der Waals surface area contributed by atoms with Crippen molar-refractivity contribution in [1.29, 1.82) is 0 Å². The minimum Gasteiger partial charge on any atom is -0.491 e. The van der Waals surface area contributed by atoms with Crippen molar-refractivity contribution in [2.24, 2.45) is 0 Å². The van der Waals surface area contributed by atoms with Crippen molar-refractivity contribution < 1.29 is 4.74 Å². The van der Waals surface area contributed by atoms with Crippen molar-refractivity contribution in [2.75, 3.05) is 0 Å². The molecule has 4 heteroatoms. The molecular weight excluding hydrogens is 340 g/mol. The molecule has 0 aliphatic heterocycles. The zero-order valence-electron chi connectivity index (χ0n) is 15.6. The number of aryl methyl sites for hydroxylation is 2. The van der Waals surface area contributed by atoms with E-state index >= 15 is 0 Å². The van der Waals surface area contributed by atoms with Crippen LogP contribution in [0, 0.1) is 6.92 Å². The molecule has 1 aliphatic rings. The highest BCUT2D eigenvalue weighted by molar-refractivity contribution is 7.17. The molecule has 134 valence electrons. The fraction of sp³-hybridized carbons (Fsp3) is 0.364. The molecule has 4 rings (SSSR count). The first-order chi connectivity index (χ1) is 12.6. The molecule has 0 radical (unpaired) electrons. The van der Waals surface area contributed by atoms with Gasteiger partial charge in [0.2, 0.25) is 0 Å². The Kier molecular flexibility index (Phi) is 4.77. The number of rotatable bonds is 4. The minimum atomic E-state index is 0.178. The smallest absolute Gasteiger partial charge is 0.148 e. The van der Waals surface area contributed by atoms with Crippen LogP contribution in [0.4, 0.5) is 0 Å². The van der Waals surface area contributed by atoms with Gasteiger partial charge in [0.25, 0.3) is 0 Å². The summed E-state index contributed by atoms with van der Waals surface area (Å²) in [6.07, 6.45) is 5.08. The molecule has 0 saturated carbocycles. The second kappa shape index (κ2) is 7.20. The van der Waals surface area contributed by atoms with E-state index in [0.717, 1.165) is 33.3 Å². The fourth-order valence-electron chi connectivity index (χ4n) is 3.60. The molecule has 0 saturated heterocycles. The average Bonchev–Trinajstić information content (AvgIpc) is 3.12. The predicted octanol–water partition coefficient (Wildman–Crippen LogP) is 5.85. The quantitative estimate of drug-likeness (QED) is 0.583. The van der Waals surface area contributed by atoms with Gasteiger partial charge in [-0.25, -0.2) is 0 Å². The van der Waals surface area contributed by atoms with Crippen LogP contribution in [-0.4, -0.2) is 16.3 Å². The summed E-state index contributed by atoms with van der Waals surface area (Å²) in [5, 5.41) is 11.0. The molecule has 2 aromatic carbocycles. The fourth-order valence-corrected chi connectivity index (χ4v) is 4.49. The van der Waals surface area contributed by atoms with Crippen LogP contribution in [0.5, 0.6) is 5.75 Å². The van der Waals surface area contributed by atoms with E-state index in [9.17, 15) is 0 Å². The van der Waals surface area contributed by atoms with Gasteiger partial charge in [-0.1, -0.05) is 29.5 Å². The lowest BCUT2D eigenvalue weighted by Gasteiger charge is -2.17.